The fraction of sp³-hybridized carbons (Fsp3) is 0.356. The van der Waals surface area contributed by atoms with Crippen LogP contribution in [0.15, 0.2) is 49.5 Å². The molecule has 4 aromatic heterocycles. The average molecular weight is 1430 g/mol. The van der Waals surface area contributed by atoms with Gasteiger partial charge in [0, 0.05) is 140 Å². The summed E-state index contributed by atoms with van der Waals surface area (Å²) >= 11 is 2.03. The van der Waals surface area contributed by atoms with Crippen LogP contribution in [0, 0.1) is 38.5 Å². The number of benzene rings is 2. The van der Waals surface area contributed by atoms with Crippen LogP contribution in [-0.4, -0.2) is 181 Å². The third-order valence-corrected chi connectivity index (χ3v) is 17.9. The first-order chi connectivity index (χ1) is 44.6. The summed E-state index contributed by atoms with van der Waals surface area (Å²) in [7, 11) is 10.6. The number of pyridine rings is 4. The first-order valence-corrected chi connectivity index (χ1v) is 29.8. The molecule has 8 aliphatic heterocycles. The van der Waals surface area contributed by atoms with Crippen molar-refractivity contribution in [2.24, 2.45) is 0 Å². The van der Waals surface area contributed by atoms with E-state index in [0.717, 1.165) is 37.3 Å². The van der Waals surface area contributed by atoms with Gasteiger partial charge >= 0.3 is 0 Å². The lowest BCUT2D eigenvalue weighted by molar-refractivity contribution is 0.0731. The summed E-state index contributed by atoms with van der Waals surface area (Å²) in [6, 6.07) is 3.51. The summed E-state index contributed by atoms with van der Waals surface area (Å²) in [6.07, 6.45) is 2.14. The number of carbonyl (C=O) groups excluding carboxylic acids is 6. The number of carbonyl (C=O) groups is 6. The highest BCUT2D eigenvalue weighted by Gasteiger charge is 2.43. The highest BCUT2D eigenvalue weighted by atomic mass is 127. The Morgan fingerprint density at radius 2 is 0.809 bits per heavy atom. The molecule has 0 fully saturated rings. The molecule has 0 unspecified atom stereocenters. The zero-order chi connectivity index (χ0) is 68.0. The topological polar surface area (TPSA) is 288 Å². The van der Waals surface area contributed by atoms with Gasteiger partial charge in [-0.05, 0) is 22.6 Å². The fourth-order valence-corrected chi connectivity index (χ4v) is 13.2. The maximum atomic E-state index is 13.9. The minimum absolute atomic E-state index is 0.0240. The Kier molecular flexibility index (Phi) is 17.4. The predicted octanol–water partition coefficient (Wildman–Crippen LogP) is 0.573. The molecule has 3 N–H and O–H groups in total. The summed E-state index contributed by atoms with van der Waals surface area (Å²) in [6.45, 7) is 2.81. The van der Waals surface area contributed by atoms with Crippen molar-refractivity contribution in [2.75, 3.05) is 122 Å². The minimum Gasteiger partial charge on any atom is -0.502 e. The molecule has 0 saturated carbocycles. The number of hydrogen-bond donors (Lipinski definition) is 3. The second kappa shape index (κ2) is 25.0. The lowest BCUT2D eigenvalue weighted by atomic mass is 10.1. The van der Waals surface area contributed by atoms with Crippen molar-refractivity contribution in [3.8, 4) is 23.0 Å². The molecule has 496 valence electrons. The van der Waals surface area contributed by atoms with Crippen LogP contribution in [0.3, 0.4) is 0 Å². The van der Waals surface area contributed by atoms with Gasteiger partial charge in [0.05, 0.1) is 42.0 Å². The third-order valence-electron chi connectivity index (χ3n) is 16.8. The number of aromatic nitrogens is 4. The number of halogens is 7. The Hall–Kier alpha value is -10.2. The normalized spacial score (nSPS) is 15.8. The van der Waals surface area contributed by atoms with Gasteiger partial charge in [0.2, 0.25) is 21.7 Å². The van der Waals surface area contributed by atoms with E-state index in [9.17, 15) is 79.4 Å². The molecule has 12 heterocycles. The van der Waals surface area contributed by atoms with E-state index in [0.29, 0.717) is 77.8 Å². The molecule has 6 aromatic rings. The number of ether oxygens (including phenoxy) is 3. The summed E-state index contributed by atoms with van der Waals surface area (Å²) in [5.41, 5.74) is -1.21. The van der Waals surface area contributed by atoms with Crippen molar-refractivity contribution in [3.05, 3.63) is 178 Å². The average Bonchev–Trinajstić information content (AvgIpc) is 1.50. The molecule has 6 amide bonds. The molecule has 0 spiro atoms. The molecular formula is C59H57F6IN14O14. The predicted molar refractivity (Wildman–Crippen MR) is 327 cm³/mol. The first-order valence-electron chi connectivity index (χ1n) is 28.7. The molecular weight excluding hydrogens is 1370 g/mol. The molecule has 8 aliphatic rings. The largest absolute Gasteiger partial charge is 0.502 e. The molecule has 0 atom stereocenters. The van der Waals surface area contributed by atoms with E-state index >= 15 is 0 Å². The second-order valence-corrected chi connectivity index (χ2v) is 23.6. The van der Waals surface area contributed by atoms with Crippen molar-refractivity contribution in [2.45, 2.75) is 38.8 Å². The van der Waals surface area contributed by atoms with Crippen molar-refractivity contribution < 1.29 is 74.4 Å². The van der Waals surface area contributed by atoms with Crippen LogP contribution in [0.5, 0.6) is 23.0 Å². The zero-order valence-corrected chi connectivity index (χ0v) is 53.2. The SMILES string of the molecule is CN1CN2CCc3c(C(=O)NCc4c(F)cc(F)cc4F)c(=O)c(O)c(n32)C1=O.COc1c2n3c(c(C(=O)NCc4c(F)cc(F)cc4F)c1=O)CCN3CN(C)C2=O.COc1c2n3c(c(I)c1=O)CCN3CN(C)C2=O.COc1c2n3c(cc1=O)CCN3CN(C)C2=O. The number of rotatable bonds is 9. The standard InChI is InChI=1S/C19H17F3N4O4.C18H15F3N4O4.C11H12IN3O3.C11H13N3O3/c1-24-8-25-4-3-13-14(16(27)17(30-2)15(19(24)29)26(13)25)18(28)23-7-10-11(21)5-9(20)6-12(10)22;1-23-7-24-3-2-12-13(15(26)16(27)14(18(23)29)25(12)24)17(28)22-6-9-10(20)4-8(19)5-11(9)21;1-13-5-14-4-3-6-7(12)9(16)10(18-2)8(11(13)17)15(6)14;1-12-6-13-4-3-7-5-8(15)10(17-2)9(11(12)16)14(7)13/h5-6H,3-4,7-8H2,1-2H3,(H,23,28);4-5,27H,2-3,6-7H2,1H3,(H,22,28);3-5H2,1-2H3;5H,3-4,6H2,1-2H3. The van der Waals surface area contributed by atoms with Gasteiger partial charge in [-0.15, -0.1) is 0 Å². The van der Waals surface area contributed by atoms with E-state index in [4.69, 9.17) is 14.2 Å². The lowest BCUT2D eigenvalue weighted by Crippen LogP contribution is -2.51. The molecule has 2 aromatic carbocycles. The molecule has 0 radical (unpaired) electrons. The van der Waals surface area contributed by atoms with Gasteiger partial charge in [0.15, 0.2) is 45.8 Å². The Morgan fingerprint density at radius 1 is 0.468 bits per heavy atom. The summed E-state index contributed by atoms with van der Waals surface area (Å²) < 4.78 is 104. The quantitative estimate of drug-likeness (QED) is 0.132. The van der Waals surface area contributed by atoms with Gasteiger partial charge in [0.25, 0.3) is 35.4 Å². The highest BCUT2D eigenvalue weighted by molar-refractivity contribution is 14.1. The summed E-state index contributed by atoms with van der Waals surface area (Å²) in [4.78, 5) is 130. The number of methoxy groups -OCH3 is 3. The van der Waals surface area contributed by atoms with E-state index < -0.39 is 105 Å². The van der Waals surface area contributed by atoms with Gasteiger partial charge in [-0.3, -0.25) is 82.0 Å². The third kappa shape index (κ3) is 10.8. The van der Waals surface area contributed by atoms with Crippen LogP contribution < -0.4 is 66.6 Å². The molecule has 14 rings (SSSR count). The molecule has 28 nitrogen and oxygen atoms in total. The van der Waals surface area contributed by atoms with Crippen LogP contribution >= 0.6 is 22.6 Å². The minimum atomic E-state index is -1.18. The monoisotopic (exact) mass is 1430 g/mol. The van der Waals surface area contributed by atoms with E-state index in [2.05, 4.69) is 15.6 Å². The van der Waals surface area contributed by atoms with Crippen LogP contribution in [0.1, 0.15) is 96.6 Å². The molecule has 35 heteroatoms. The Morgan fingerprint density at radius 3 is 1.23 bits per heavy atom. The fourth-order valence-electron chi connectivity index (χ4n) is 12.4. The highest BCUT2D eigenvalue weighted by Crippen LogP contribution is 2.33. The van der Waals surface area contributed by atoms with E-state index in [-0.39, 0.29) is 82.3 Å². The number of amides is 6. The van der Waals surface area contributed by atoms with Crippen LogP contribution in [-0.2, 0) is 38.8 Å². The van der Waals surface area contributed by atoms with Crippen molar-refractivity contribution in [3.63, 3.8) is 0 Å². The maximum Gasteiger partial charge on any atom is 0.277 e. The van der Waals surface area contributed by atoms with Crippen molar-refractivity contribution in [1.82, 2.24) is 48.9 Å². The Bertz CT molecular complexity index is 4520. The molecule has 0 saturated heterocycles. The Balaban J connectivity index is 0.000000132. The Labute approximate surface area is 540 Å². The van der Waals surface area contributed by atoms with Crippen LogP contribution in [0.2, 0.25) is 0 Å². The molecule has 0 aliphatic carbocycles. The lowest BCUT2D eigenvalue weighted by Gasteiger charge is -2.35. The van der Waals surface area contributed by atoms with Crippen molar-refractivity contribution >= 4 is 58.0 Å². The van der Waals surface area contributed by atoms with Gasteiger partial charge < -0.3 is 49.6 Å². The maximum absolute atomic E-state index is 13.9. The van der Waals surface area contributed by atoms with E-state index in [1.54, 1.807) is 47.0 Å². The van der Waals surface area contributed by atoms with Gasteiger partial charge in [0.1, 0.15) is 72.7 Å². The molecule has 94 heavy (non-hydrogen) atoms. The van der Waals surface area contributed by atoms with E-state index in [1.165, 1.54) is 47.5 Å². The number of nitrogens with one attached hydrogen (secondary N) is 2. The summed E-state index contributed by atoms with van der Waals surface area (Å²) in [5.74, 6) is -10.9. The van der Waals surface area contributed by atoms with E-state index in [1.807, 2.05) is 37.0 Å². The summed E-state index contributed by atoms with van der Waals surface area (Å²) in [5, 5.41) is 22.4. The first kappa shape index (κ1) is 65.3. The van der Waals surface area contributed by atoms with Gasteiger partial charge in [-0.25, -0.2) is 31.0 Å². The number of hydrogen-bond acceptors (Lipinski definition) is 18. The van der Waals surface area contributed by atoms with Crippen LogP contribution in [0.4, 0.5) is 26.3 Å². The smallest absolute Gasteiger partial charge is 0.277 e. The number of nitrogens with zero attached hydrogens (tertiary/aromatic N) is 12. The molecule has 0 bridgehead atoms. The van der Waals surface area contributed by atoms with Crippen LogP contribution in [0.25, 0.3) is 0 Å². The zero-order valence-electron chi connectivity index (χ0n) is 51.1. The number of aromatic hydroxyl groups is 1. The van der Waals surface area contributed by atoms with Gasteiger partial charge in [-0.1, -0.05) is 0 Å². The second-order valence-electron chi connectivity index (χ2n) is 22.5. The van der Waals surface area contributed by atoms with Gasteiger partial charge in [-0.2, -0.15) is 0 Å². The van der Waals surface area contributed by atoms with Crippen molar-refractivity contribution in [1.29, 1.82) is 0 Å².